The van der Waals surface area contributed by atoms with E-state index in [4.69, 9.17) is 4.74 Å². The third-order valence-electron chi connectivity index (χ3n) is 3.46. The number of ether oxygens (including phenoxy) is 1. The molecule has 0 unspecified atom stereocenters. The number of hydrogen-bond donors (Lipinski definition) is 1. The minimum atomic E-state index is -0.105. The number of carbonyl (C=O) groups excluding carboxylic acids is 1. The lowest BCUT2D eigenvalue weighted by molar-refractivity contribution is 0.103. The van der Waals surface area contributed by atoms with Gasteiger partial charge in [0.1, 0.15) is 5.75 Å². The maximum absolute atomic E-state index is 12.2. The van der Waals surface area contributed by atoms with Crippen LogP contribution in [0.4, 0.5) is 5.69 Å². The van der Waals surface area contributed by atoms with Gasteiger partial charge in [0.2, 0.25) is 0 Å². The standard InChI is InChI=1S/C18H19N3O2S2/c1-11-9-10-24-14(11)15(22)19-12-5-7-13(8-6-12)23-17-20-16(21-25-17)18(2,3)4/h5-10H,1-4H3,(H,19,22). The molecule has 5 nitrogen and oxygen atoms in total. The van der Waals surface area contributed by atoms with Crippen LogP contribution in [-0.2, 0) is 5.41 Å². The van der Waals surface area contributed by atoms with Gasteiger partial charge in [-0.15, -0.1) is 11.3 Å². The van der Waals surface area contributed by atoms with Crippen molar-refractivity contribution < 1.29 is 9.53 Å². The number of carbonyl (C=O) groups is 1. The molecule has 3 rings (SSSR count). The van der Waals surface area contributed by atoms with Crippen molar-refractivity contribution in [2.75, 3.05) is 5.32 Å². The molecular formula is C18H19N3O2S2. The smallest absolute Gasteiger partial charge is 0.298 e. The summed E-state index contributed by atoms with van der Waals surface area (Å²) < 4.78 is 10.1. The number of rotatable bonds is 4. The molecule has 0 aliphatic rings. The molecule has 1 amide bonds. The van der Waals surface area contributed by atoms with Gasteiger partial charge in [-0.25, -0.2) is 0 Å². The third-order valence-corrected chi connectivity index (χ3v) is 5.07. The Bertz CT molecular complexity index is 876. The Balaban J connectivity index is 1.65. The zero-order valence-electron chi connectivity index (χ0n) is 14.5. The molecule has 2 heterocycles. The van der Waals surface area contributed by atoms with Crippen LogP contribution in [-0.4, -0.2) is 15.3 Å². The first kappa shape index (κ1) is 17.6. The molecule has 0 saturated heterocycles. The molecule has 2 aromatic heterocycles. The number of nitrogens with zero attached hydrogens (tertiary/aromatic N) is 2. The Kier molecular flexibility index (Phi) is 4.87. The second-order valence-corrected chi connectivity index (χ2v) is 8.28. The average Bonchev–Trinajstić information content (AvgIpc) is 3.18. The highest BCUT2D eigenvalue weighted by molar-refractivity contribution is 7.12. The first-order valence-corrected chi connectivity index (χ1v) is 9.46. The summed E-state index contributed by atoms with van der Waals surface area (Å²) in [5.41, 5.74) is 1.60. The molecule has 0 aliphatic heterocycles. The summed E-state index contributed by atoms with van der Waals surface area (Å²) in [5, 5.41) is 5.31. The molecule has 130 valence electrons. The van der Waals surface area contributed by atoms with Crippen molar-refractivity contribution in [1.82, 2.24) is 9.36 Å². The monoisotopic (exact) mass is 373 g/mol. The minimum absolute atomic E-state index is 0.0971. The summed E-state index contributed by atoms with van der Waals surface area (Å²) in [6.07, 6.45) is 0. The minimum Gasteiger partial charge on any atom is -0.430 e. The Labute approximate surface area is 154 Å². The fraction of sp³-hybridized carbons (Fsp3) is 0.278. The van der Waals surface area contributed by atoms with Crippen LogP contribution in [0, 0.1) is 6.92 Å². The van der Waals surface area contributed by atoms with E-state index in [1.807, 2.05) is 30.5 Å². The molecule has 0 saturated carbocycles. The first-order valence-electron chi connectivity index (χ1n) is 7.80. The molecule has 0 fully saturated rings. The van der Waals surface area contributed by atoms with Gasteiger partial charge in [-0.2, -0.15) is 9.36 Å². The number of aryl methyl sites for hydroxylation is 1. The summed E-state index contributed by atoms with van der Waals surface area (Å²) in [7, 11) is 0. The molecule has 7 heteroatoms. The van der Waals surface area contributed by atoms with Crippen LogP contribution in [0.3, 0.4) is 0 Å². The number of thiophene rings is 1. The van der Waals surface area contributed by atoms with E-state index in [1.165, 1.54) is 22.9 Å². The summed E-state index contributed by atoms with van der Waals surface area (Å²) in [6.45, 7) is 8.11. The predicted octanol–water partition coefficient (Wildman–Crippen LogP) is 5.25. The largest absolute Gasteiger partial charge is 0.430 e. The SMILES string of the molecule is Cc1ccsc1C(=O)Nc1ccc(Oc2nc(C(C)(C)C)ns2)cc1. The van der Waals surface area contributed by atoms with Gasteiger partial charge >= 0.3 is 0 Å². The van der Waals surface area contributed by atoms with E-state index in [1.54, 1.807) is 12.1 Å². The van der Waals surface area contributed by atoms with E-state index >= 15 is 0 Å². The molecule has 0 bridgehead atoms. The van der Waals surface area contributed by atoms with Gasteiger partial charge in [0, 0.05) is 22.6 Å². The van der Waals surface area contributed by atoms with E-state index in [0.29, 0.717) is 10.9 Å². The van der Waals surface area contributed by atoms with Crippen molar-refractivity contribution in [2.45, 2.75) is 33.1 Å². The molecule has 0 aliphatic carbocycles. The van der Waals surface area contributed by atoms with Crippen LogP contribution in [0.1, 0.15) is 41.8 Å². The van der Waals surface area contributed by atoms with Gasteiger partial charge in [-0.05, 0) is 48.2 Å². The number of nitrogens with one attached hydrogen (secondary N) is 1. The van der Waals surface area contributed by atoms with Crippen molar-refractivity contribution in [1.29, 1.82) is 0 Å². The topological polar surface area (TPSA) is 64.1 Å². The maximum atomic E-state index is 12.2. The molecule has 0 atom stereocenters. The predicted molar refractivity (Wildman–Crippen MR) is 102 cm³/mol. The zero-order chi connectivity index (χ0) is 18.0. The van der Waals surface area contributed by atoms with Crippen molar-refractivity contribution in [2.24, 2.45) is 0 Å². The van der Waals surface area contributed by atoms with Crippen molar-refractivity contribution >= 4 is 34.5 Å². The van der Waals surface area contributed by atoms with Gasteiger partial charge in [0.25, 0.3) is 11.1 Å². The number of aromatic nitrogens is 2. The molecule has 3 aromatic rings. The molecular weight excluding hydrogens is 354 g/mol. The summed E-state index contributed by atoms with van der Waals surface area (Å²) in [5.74, 6) is 1.32. The van der Waals surface area contributed by atoms with E-state index < -0.39 is 0 Å². The van der Waals surface area contributed by atoms with Crippen molar-refractivity contribution in [3.63, 3.8) is 0 Å². The van der Waals surface area contributed by atoms with Crippen LogP contribution in [0.2, 0.25) is 0 Å². The molecule has 25 heavy (non-hydrogen) atoms. The molecule has 0 spiro atoms. The molecule has 1 N–H and O–H groups in total. The van der Waals surface area contributed by atoms with Crippen LogP contribution in [0.15, 0.2) is 35.7 Å². The fourth-order valence-electron chi connectivity index (χ4n) is 2.06. The van der Waals surface area contributed by atoms with Gasteiger partial charge in [-0.1, -0.05) is 20.8 Å². The van der Waals surface area contributed by atoms with Gasteiger partial charge < -0.3 is 10.1 Å². The van der Waals surface area contributed by atoms with Gasteiger partial charge in [0.15, 0.2) is 5.82 Å². The first-order chi connectivity index (χ1) is 11.8. The second kappa shape index (κ2) is 6.93. The van der Waals surface area contributed by atoms with Crippen molar-refractivity contribution in [3.05, 3.63) is 52.0 Å². The average molecular weight is 374 g/mol. The van der Waals surface area contributed by atoms with E-state index in [2.05, 4.69) is 35.4 Å². The maximum Gasteiger partial charge on any atom is 0.298 e. The highest BCUT2D eigenvalue weighted by Gasteiger charge is 2.20. The Morgan fingerprint density at radius 2 is 1.88 bits per heavy atom. The Morgan fingerprint density at radius 3 is 2.44 bits per heavy atom. The van der Waals surface area contributed by atoms with Crippen LogP contribution in [0.25, 0.3) is 0 Å². The third kappa shape index (κ3) is 4.24. The van der Waals surface area contributed by atoms with E-state index in [0.717, 1.165) is 22.0 Å². The summed E-state index contributed by atoms with van der Waals surface area (Å²) >= 11 is 2.67. The van der Waals surface area contributed by atoms with E-state index in [9.17, 15) is 4.79 Å². The fourth-order valence-corrected chi connectivity index (χ4v) is 3.62. The quantitative estimate of drug-likeness (QED) is 0.678. The highest BCUT2D eigenvalue weighted by Crippen LogP contribution is 2.28. The van der Waals surface area contributed by atoms with Crippen LogP contribution >= 0.6 is 22.9 Å². The lowest BCUT2D eigenvalue weighted by atomic mass is 9.96. The molecule has 1 aromatic carbocycles. The number of benzene rings is 1. The Hall–Kier alpha value is -2.25. The van der Waals surface area contributed by atoms with Crippen LogP contribution in [0.5, 0.6) is 10.9 Å². The molecule has 0 radical (unpaired) electrons. The number of hydrogen-bond acceptors (Lipinski definition) is 6. The lowest BCUT2D eigenvalue weighted by Crippen LogP contribution is -2.12. The Morgan fingerprint density at radius 1 is 1.16 bits per heavy atom. The van der Waals surface area contributed by atoms with Gasteiger partial charge in [0.05, 0.1) is 4.88 Å². The van der Waals surface area contributed by atoms with Crippen molar-refractivity contribution in [3.8, 4) is 10.9 Å². The van der Waals surface area contributed by atoms with Crippen LogP contribution < -0.4 is 10.1 Å². The number of anilines is 1. The second-order valence-electron chi connectivity index (χ2n) is 6.65. The van der Waals surface area contributed by atoms with E-state index in [-0.39, 0.29) is 11.3 Å². The lowest BCUT2D eigenvalue weighted by Gasteiger charge is -2.12. The zero-order valence-corrected chi connectivity index (χ0v) is 16.1. The highest BCUT2D eigenvalue weighted by atomic mass is 32.1. The van der Waals surface area contributed by atoms with Gasteiger partial charge in [-0.3, -0.25) is 4.79 Å². The number of amides is 1. The normalized spacial score (nSPS) is 11.4. The summed E-state index contributed by atoms with van der Waals surface area (Å²) in [6, 6.07) is 9.15. The summed E-state index contributed by atoms with van der Waals surface area (Å²) in [4.78, 5) is 17.4.